The molecule has 1 aromatic carbocycles. The van der Waals surface area contributed by atoms with Crippen LogP contribution in [0.15, 0.2) is 24.3 Å². The van der Waals surface area contributed by atoms with Crippen LogP contribution >= 0.6 is 0 Å². The Kier molecular flexibility index (Phi) is 7.38. The number of nitriles is 1. The molecule has 0 bridgehead atoms. The molecule has 0 fully saturated rings. The molecule has 0 radical (unpaired) electrons. The van der Waals surface area contributed by atoms with E-state index >= 15 is 0 Å². The molecule has 1 N–H and O–H groups in total. The first-order chi connectivity index (χ1) is 9.65. The number of carbonyl (C=O) groups excluding carboxylic acids is 1. The summed E-state index contributed by atoms with van der Waals surface area (Å²) in [6, 6.07) is 9.03. The Morgan fingerprint density at radius 3 is 2.80 bits per heavy atom. The third kappa shape index (κ3) is 6.35. The van der Waals surface area contributed by atoms with Gasteiger partial charge < -0.3 is 10.2 Å². The molecule has 4 heteroatoms. The second kappa shape index (κ2) is 9.11. The van der Waals surface area contributed by atoms with Gasteiger partial charge in [-0.05, 0) is 51.2 Å². The van der Waals surface area contributed by atoms with Crippen LogP contribution in [0.1, 0.15) is 38.2 Å². The molecule has 1 amide bonds. The lowest BCUT2D eigenvalue weighted by molar-refractivity contribution is -0.116. The van der Waals surface area contributed by atoms with Gasteiger partial charge in [-0.2, -0.15) is 5.26 Å². The third-order valence-corrected chi connectivity index (χ3v) is 3.11. The van der Waals surface area contributed by atoms with Gasteiger partial charge in [-0.25, -0.2) is 0 Å². The number of hydrogen-bond donors (Lipinski definition) is 1. The fourth-order valence-electron chi connectivity index (χ4n) is 1.94. The Bertz CT molecular complexity index is 465. The van der Waals surface area contributed by atoms with Crippen LogP contribution < -0.4 is 5.32 Å². The van der Waals surface area contributed by atoms with Gasteiger partial charge >= 0.3 is 0 Å². The van der Waals surface area contributed by atoms with E-state index in [4.69, 9.17) is 5.26 Å². The zero-order valence-electron chi connectivity index (χ0n) is 12.4. The van der Waals surface area contributed by atoms with Gasteiger partial charge in [0.15, 0.2) is 0 Å². The number of benzene rings is 1. The number of hydrogen-bond acceptors (Lipinski definition) is 3. The molecule has 4 nitrogen and oxygen atoms in total. The Morgan fingerprint density at radius 2 is 2.10 bits per heavy atom. The molecule has 0 aliphatic carbocycles. The molecule has 1 aromatic rings. The molecule has 0 heterocycles. The molecule has 0 saturated heterocycles. The zero-order chi connectivity index (χ0) is 14.8. The lowest BCUT2D eigenvalue weighted by Crippen LogP contribution is -2.22. The minimum Gasteiger partial charge on any atom is -0.326 e. The summed E-state index contributed by atoms with van der Waals surface area (Å²) >= 11 is 0. The van der Waals surface area contributed by atoms with Crippen molar-refractivity contribution in [1.82, 2.24) is 4.90 Å². The van der Waals surface area contributed by atoms with Gasteiger partial charge in [-0.15, -0.1) is 0 Å². The molecular formula is C16H23N3O. The molecule has 0 aromatic heterocycles. The van der Waals surface area contributed by atoms with Crippen molar-refractivity contribution in [1.29, 1.82) is 5.26 Å². The van der Waals surface area contributed by atoms with Crippen molar-refractivity contribution in [2.45, 2.75) is 32.6 Å². The number of nitrogens with zero attached hydrogens (tertiary/aromatic N) is 2. The fourth-order valence-corrected chi connectivity index (χ4v) is 1.94. The van der Waals surface area contributed by atoms with E-state index in [-0.39, 0.29) is 5.91 Å². The van der Waals surface area contributed by atoms with Crippen molar-refractivity contribution < 1.29 is 4.79 Å². The summed E-state index contributed by atoms with van der Waals surface area (Å²) in [6.07, 6.45) is 3.75. The van der Waals surface area contributed by atoms with Gasteiger partial charge in [0, 0.05) is 12.1 Å². The van der Waals surface area contributed by atoms with Gasteiger partial charge in [0.25, 0.3) is 0 Å². The van der Waals surface area contributed by atoms with E-state index < -0.39 is 0 Å². The first-order valence-corrected chi connectivity index (χ1v) is 7.14. The fraction of sp³-hybridized carbons (Fsp3) is 0.500. The van der Waals surface area contributed by atoms with Gasteiger partial charge in [0.05, 0.1) is 11.6 Å². The number of amides is 1. The Morgan fingerprint density at radius 1 is 1.35 bits per heavy atom. The normalized spacial score (nSPS) is 10.3. The average molecular weight is 273 g/mol. The molecule has 0 spiro atoms. The Labute approximate surface area is 121 Å². The molecule has 0 saturated carbocycles. The van der Waals surface area contributed by atoms with Crippen LogP contribution in [-0.4, -0.2) is 30.9 Å². The predicted molar refractivity (Wildman–Crippen MR) is 81.4 cm³/mol. The highest BCUT2D eigenvalue weighted by atomic mass is 16.1. The van der Waals surface area contributed by atoms with Crippen molar-refractivity contribution in [3.63, 3.8) is 0 Å². The van der Waals surface area contributed by atoms with Crippen molar-refractivity contribution in [2.24, 2.45) is 0 Å². The highest BCUT2D eigenvalue weighted by Crippen LogP contribution is 2.10. The summed E-state index contributed by atoms with van der Waals surface area (Å²) in [5.74, 6) is 0.00369. The standard InChI is InChI=1S/C16H23N3O/c1-3-4-10-19(2)11-6-9-16(20)18-15-8-5-7-14(12-15)13-17/h5,7-8,12H,3-4,6,9-11H2,1-2H3,(H,18,20). The largest absolute Gasteiger partial charge is 0.326 e. The number of nitrogens with one attached hydrogen (secondary N) is 1. The van der Waals surface area contributed by atoms with Crippen LogP contribution in [0.25, 0.3) is 0 Å². The van der Waals surface area contributed by atoms with Gasteiger partial charge in [0.2, 0.25) is 5.91 Å². The third-order valence-electron chi connectivity index (χ3n) is 3.11. The second-order valence-electron chi connectivity index (χ2n) is 5.00. The van der Waals surface area contributed by atoms with E-state index in [9.17, 15) is 4.79 Å². The van der Waals surface area contributed by atoms with Crippen LogP contribution in [0.2, 0.25) is 0 Å². The van der Waals surface area contributed by atoms with Crippen LogP contribution in [0, 0.1) is 11.3 Å². The highest BCUT2D eigenvalue weighted by molar-refractivity contribution is 5.90. The van der Waals surface area contributed by atoms with Crippen LogP contribution in [0.4, 0.5) is 5.69 Å². The number of rotatable bonds is 8. The summed E-state index contributed by atoms with van der Waals surface area (Å²) in [7, 11) is 2.09. The first kappa shape index (κ1) is 16.2. The Hall–Kier alpha value is -1.86. The minimum absolute atomic E-state index is 0.00369. The number of unbranched alkanes of at least 4 members (excludes halogenated alkanes) is 1. The van der Waals surface area contributed by atoms with E-state index in [0.717, 1.165) is 19.5 Å². The average Bonchev–Trinajstić information content (AvgIpc) is 2.45. The molecule has 1 rings (SSSR count). The van der Waals surface area contributed by atoms with E-state index in [1.165, 1.54) is 12.8 Å². The van der Waals surface area contributed by atoms with Gasteiger partial charge in [0.1, 0.15) is 0 Å². The maximum Gasteiger partial charge on any atom is 0.224 e. The zero-order valence-corrected chi connectivity index (χ0v) is 12.4. The smallest absolute Gasteiger partial charge is 0.224 e. The molecule has 0 atom stereocenters. The van der Waals surface area contributed by atoms with Crippen molar-refractivity contribution in [2.75, 3.05) is 25.5 Å². The number of carbonyl (C=O) groups is 1. The first-order valence-electron chi connectivity index (χ1n) is 7.14. The quantitative estimate of drug-likeness (QED) is 0.792. The lowest BCUT2D eigenvalue weighted by atomic mass is 10.2. The van der Waals surface area contributed by atoms with Gasteiger partial charge in [-0.3, -0.25) is 4.79 Å². The number of anilines is 1. The lowest BCUT2D eigenvalue weighted by Gasteiger charge is -2.15. The maximum atomic E-state index is 11.8. The van der Waals surface area contributed by atoms with Gasteiger partial charge in [-0.1, -0.05) is 19.4 Å². The summed E-state index contributed by atoms with van der Waals surface area (Å²) in [5, 5.41) is 11.6. The topological polar surface area (TPSA) is 56.1 Å². The van der Waals surface area contributed by atoms with Crippen molar-refractivity contribution in [3.8, 4) is 6.07 Å². The molecule has 20 heavy (non-hydrogen) atoms. The summed E-state index contributed by atoms with van der Waals surface area (Å²) in [6.45, 7) is 4.20. The van der Waals surface area contributed by atoms with E-state index in [2.05, 4.69) is 30.3 Å². The van der Waals surface area contributed by atoms with Crippen LogP contribution in [0.5, 0.6) is 0 Å². The SMILES string of the molecule is CCCCN(C)CCCC(=O)Nc1cccc(C#N)c1. The van der Waals surface area contributed by atoms with Crippen molar-refractivity contribution in [3.05, 3.63) is 29.8 Å². The highest BCUT2D eigenvalue weighted by Gasteiger charge is 2.04. The maximum absolute atomic E-state index is 11.8. The molecule has 108 valence electrons. The summed E-state index contributed by atoms with van der Waals surface area (Å²) in [4.78, 5) is 14.1. The molecule has 0 aliphatic heterocycles. The second-order valence-corrected chi connectivity index (χ2v) is 5.00. The molecule has 0 unspecified atom stereocenters. The molecule has 0 aliphatic rings. The van der Waals surface area contributed by atoms with E-state index in [1.54, 1.807) is 24.3 Å². The summed E-state index contributed by atoms with van der Waals surface area (Å²) in [5.41, 5.74) is 1.25. The van der Waals surface area contributed by atoms with Crippen LogP contribution in [-0.2, 0) is 4.79 Å². The Balaban J connectivity index is 2.28. The van der Waals surface area contributed by atoms with Crippen molar-refractivity contribution >= 4 is 11.6 Å². The monoisotopic (exact) mass is 273 g/mol. The molecular weight excluding hydrogens is 250 g/mol. The van der Waals surface area contributed by atoms with E-state index in [0.29, 0.717) is 17.7 Å². The predicted octanol–water partition coefficient (Wildman–Crippen LogP) is 3.01. The minimum atomic E-state index is 0.00369. The van der Waals surface area contributed by atoms with E-state index in [1.807, 2.05) is 0 Å². The summed E-state index contributed by atoms with van der Waals surface area (Å²) < 4.78 is 0. The van der Waals surface area contributed by atoms with Crippen LogP contribution in [0.3, 0.4) is 0 Å².